The number of aliphatic hydroxyl groups is 10. The molecule has 12 N–H and O–H groups in total. The Hall–Kier alpha value is -0.252. The van der Waals surface area contributed by atoms with Crippen LogP contribution >= 0.6 is 23.5 Å². The van der Waals surface area contributed by atoms with Crippen molar-refractivity contribution in [2.75, 3.05) is 49.4 Å². The maximum absolute atomic E-state index is 10.9. The third-order valence-corrected chi connectivity index (χ3v) is 14.6. The molecular weight excluding hydrogens is 1080 g/mol. The van der Waals surface area contributed by atoms with Crippen molar-refractivity contribution in [1.82, 2.24) is 10.6 Å². The summed E-state index contributed by atoms with van der Waals surface area (Å²) in [6.45, 7) is 7.26. The van der Waals surface area contributed by atoms with Crippen LogP contribution in [0.1, 0.15) is 51.4 Å². The summed E-state index contributed by atoms with van der Waals surface area (Å²) in [5.41, 5.74) is 1.64. The predicted molar refractivity (Wildman–Crippen MR) is 239 cm³/mol. The minimum atomic E-state index is -1.44. The number of aliphatic hydroxyl groups excluding tert-OH is 10. The first kappa shape index (κ1) is 60.1. The van der Waals surface area contributed by atoms with Gasteiger partial charge in [0.25, 0.3) is 0 Å². The van der Waals surface area contributed by atoms with Gasteiger partial charge in [0.2, 0.25) is 0 Å². The van der Waals surface area contributed by atoms with Crippen molar-refractivity contribution in [3.8, 4) is 0 Å². The van der Waals surface area contributed by atoms with Gasteiger partial charge in [0.05, 0.1) is 37.6 Å². The number of ether oxygens (including phenoxy) is 8. The topological polar surface area (TPSA) is 300 Å². The SMILES string of the molecule is C=C(CCSCC1O[C@H]2OC3C(CO)O[C@@H](OCCCCC1C(O)C2O)C(O)C3O)N[CH2-].C=C(CCSCC1O[C@H]2OC3C(CO)O[C@@H](OCCCCC1C(O)C2O)C(O)C3O)N[CH2-].[CH3-].[W]. The quantitative estimate of drug-likeness (QED) is 0.0706. The fourth-order valence-electron chi connectivity index (χ4n) is 8.60. The predicted octanol–water partition coefficient (Wildman–Crippen LogP) is -1.37. The van der Waals surface area contributed by atoms with E-state index in [4.69, 9.17) is 37.9 Å². The third-order valence-electron chi connectivity index (χ3n) is 12.5. The molecule has 8 bridgehead atoms. The Morgan fingerprint density at radius 3 is 1.20 bits per heavy atom. The van der Waals surface area contributed by atoms with Crippen molar-refractivity contribution in [2.24, 2.45) is 11.8 Å². The number of nitrogens with one attached hydrogen (secondary N) is 2. The molecule has 12 fully saturated rings. The summed E-state index contributed by atoms with van der Waals surface area (Å²) in [6, 6.07) is 0. The Balaban J connectivity index is 0.000000340. The average molecular weight is 1160 g/mol. The van der Waals surface area contributed by atoms with Crippen molar-refractivity contribution in [1.29, 1.82) is 0 Å². The fraction of sp³-hybridized carbons (Fsp3) is 0.837. The first-order valence-electron chi connectivity index (χ1n) is 22.1. The van der Waals surface area contributed by atoms with E-state index in [9.17, 15) is 51.1 Å². The van der Waals surface area contributed by atoms with E-state index in [2.05, 4.69) is 37.9 Å². The Kier molecular flexibility index (Phi) is 27.2. The molecular formula is C43H75N2O18S2W-3. The van der Waals surface area contributed by atoms with Crippen LogP contribution in [0.5, 0.6) is 0 Å². The molecule has 23 heteroatoms. The third kappa shape index (κ3) is 15.9. The molecule has 20 nitrogen and oxygen atoms in total. The average Bonchev–Trinajstić information content (AvgIpc) is 3.29. The van der Waals surface area contributed by atoms with Crippen molar-refractivity contribution >= 4 is 23.5 Å². The van der Waals surface area contributed by atoms with E-state index < -0.39 is 124 Å². The van der Waals surface area contributed by atoms with Crippen molar-refractivity contribution in [3.63, 3.8) is 0 Å². The van der Waals surface area contributed by atoms with Gasteiger partial charge >= 0.3 is 0 Å². The van der Waals surface area contributed by atoms with E-state index in [1.807, 2.05) is 0 Å². The van der Waals surface area contributed by atoms with Gasteiger partial charge in [-0.15, -0.1) is 0 Å². The van der Waals surface area contributed by atoms with E-state index >= 15 is 0 Å². The van der Waals surface area contributed by atoms with Gasteiger partial charge in [-0.25, -0.2) is 0 Å². The van der Waals surface area contributed by atoms with Crippen LogP contribution in [0.15, 0.2) is 24.6 Å². The standard InChI is InChI=1S/2C21H36NO9S.CH3.W/c2*1-11(22-2)6-8-32-10-14-12-5-3-4-7-28-20-18(27)16(25)19(13(9-23)29-20)31-21(30-14)17(26)15(12)24;;/h2*12-27H,1-10H2;1H3;/q3*-1;/t2*12?,13?,14?,15?,16?,17?,18?,19?,20-,21+;;/m11../s1. The molecule has 0 amide bonds. The second-order valence-electron chi connectivity index (χ2n) is 16.9. The van der Waals surface area contributed by atoms with E-state index in [-0.39, 0.29) is 53.5 Å². The number of hydrogen-bond donors (Lipinski definition) is 12. The molecule has 12 rings (SSSR count). The van der Waals surface area contributed by atoms with Crippen LogP contribution in [-0.2, 0) is 59.0 Å². The van der Waals surface area contributed by atoms with Crippen LogP contribution < -0.4 is 10.6 Å². The van der Waals surface area contributed by atoms with Crippen LogP contribution in [0, 0.1) is 33.4 Å². The Morgan fingerprint density at radius 2 is 0.848 bits per heavy atom. The molecule has 16 unspecified atom stereocenters. The zero-order valence-corrected chi connectivity index (χ0v) is 42.2. The van der Waals surface area contributed by atoms with E-state index in [0.29, 0.717) is 50.0 Å². The van der Waals surface area contributed by atoms with Gasteiger partial charge < -0.3 is 107 Å². The summed E-state index contributed by atoms with van der Waals surface area (Å²) in [4.78, 5) is 0. The summed E-state index contributed by atoms with van der Waals surface area (Å²) in [6.07, 6.45) is -15.1. The monoisotopic (exact) mass is 1160 g/mol. The summed E-state index contributed by atoms with van der Waals surface area (Å²) in [7, 11) is 7.16. The normalized spacial score (nSPS) is 41.8. The van der Waals surface area contributed by atoms with E-state index in [1.54, 1.807) is 23.5 Å². The van der Waals surface area contributed by atoms with E-state index in [0.717, 1.165) is 35.7 Å². The molecule has 0 radical (unpaired) electrons. The number of rotatable bonds is 14. The van der Waals surface area contributed by atoms with Crippen molar-refractivity contribution < 1.29 is 110 Å². The molecule has 0 aromatic heterocycles. The largest absolute Gasteiger partial charge is 0.542 e. The molecule has 0 saturated carbocycles. The molecule has 66 heavy (non-hydrogen) atoms. The zero-order chi connectivity index (χ0) is 46.5. The Morgan fingerprint density at radius 1 is 0.500 bits per heavy atom. The number of thioether (sulfide) groups is 2. The Labute approximate surface area is 411 Å². The molecule has 0 aromatic carbocycles. The van der Waals surface area contributed by atoms with Crippen molar-refractivity contribution in [3.05, 3.63) is 46.1 Å². The Bertz CT molecular complexity index is 1300. The van der Waals surface area contributed by atoms with Gasteiger partial charge in [-0.05, 0) is 61.4 Å². The minimum Gasteiger partial charge on any atom is -0.542 e. The second-order valence-corrected chi connectivity index (χ2v) is 19.2. The minimum absolute atomic E-state index is 0. The molecule has 12 heterocycles. The molecule has 20 atom stereocenters. The van der Waals surface area contributed by atoms with Gasteiger partial charge in [0.1, 0.15) is 61.0 Å². The number of allylic oxidation sites excluding steroid dienone is 2. The van der Waals surface area contributed by atoms with Crippen LogP contribution in [0.25, 0.3) is 0 Å². The molecule has 0 spiro atoms. The van der Waals surface area contributed by atoms with Gasteiger partial charge in [0, 0.05) is 57.6 Å². The maximum atomic E-state index is 10.9. The molecule has 0 aliphatic carbocycles. The van der Waals surface area contributed by atoms with Crippen LogP contribution in [0.2, 0.25) is 0 Å². The van der Waals surface area contributed by atoms with E-state index in [1.165, 1.54) is 0 Å². The van der Waals surface area contributed by atoms with Gasteiger partial charge in [-0.2, -0.15) is 23.5 Å². The molecule has 0 aromatic rings. The number of hydrogen-bond acceptors (Lipinski definition) is 22. The van der Waals surface area contributed by atoms with Crippen molar-refractivity contribution in [2.45, 2.75) is 162 Å². The molecule has 12 aliphatic heterocycles. The van der Waals surface area contributed by atoms with Gasteiger partial charge in [-0.1, -0.05) is 26.0 Å². The fourth-order valence-corrected chi connectivity index (χ4v) is 10.8. The molecule has 12 saturated heterocycles. The zero-order valence-electron chi connectivity index (χ0n) is 37.7. The maximum Gasteiger partial charge on any atom is 0.186 e. The summed E-state index contributed by atoms with van der Waals surface area (Å²) in [5.74, 6) is 2.09. The summed E-state index contributed by atoms with van der Waals surface area (Å²) < 4.78 is 46.1. The summed E-state index contributed by atoms with van der Waals surface area (Å²) >= 11 is 3.26. The van der Waals surface area contributed by atoms with Gasteiger partial charge in [0.15, 0.2) is 25.2 Å². The first-order valence-corrected chi connectivity index (χ1v) is 24.4. The smallest absolute Gasteiger partial charge is 0.186 e. The summed E-state index contributed by atoms with van der Waals surface area (Å²) in [5, 5.41) is 110. The van der Waals surface area contributed by atoms with Crippen LogP contribution in [0.3, 0.4) is 0 Å². The van der Waals surface area contributed by atoms with Gasteiger partial charge in [-0.3, -0.25) is 14.1 Å². The molecule has 386 valence electrons. The second kappa shape index (κ2) is 29.9. The van der Waals surface area contributed by atoms with Crippen LogP contribution in [-0.4, -0.2) is 211 Å². The molecule has 12 aliphatic rings. The first-order chi connectivity index (χ1) is 30.7. The van der Waals surface area contributed by atoms with Crippen LogP contribution in [0.4, 0.5) is 0 Å².